The highest BCUT2D eigenvalue weighted by Gasteiger charge is 2.16. The Hall–Kier alpha value is -2.22. The van der Waals surface area contributed by atoms with Crippen molar-refractivity contribution in [1.82, 2.24) is 4.98 Å². The lowest BCUT2D eigenvalue weighted by Gasteiger charge is -2.09. The highest BCUT2D eigenvalue weighted by atomic mass is 14.8. The average molecular weight is 262 g/mol. The van der Waals surface area contributed by atoms with Gasteiger partial charge in [0.1, 0.15) is 0 Å². The van der Waals surface area contributed by atoms with Gasteiger partial charge < -0.3 is 0 Å². The van der Waals surface area contributed by atoms with E-state index in [0.29, 0.717) is 5.92 Å². The van der Waals surface area contributed by atoms with Crippen molar-refractivity contribution in [1.29, 1.82) is 0 Å². The first-order valence-electron chi connectivity index (χ1n) is 7.02. The molecule has 0 spiro atoms. The van der Waals surface area contributed by atoms with Crippen molar-refractivity contribution in [2.75, 3.05) is 0 Å². The fourth-order valence-electron chi connectivity index (χ4n) is 2.52. The molecule has 0 N–H and O–H groups in total. The topological polar surface area (TPSA) is 25.2 Å². The van der Waals surface area contributed by atoms with E-state index in [-0.39, 0.29) is 5.92 Å². The maximum absolute atomic E-state index is 4.69. The number of pyridine rings is 1. The van der Waals surface area contributed by atoms with Gasteiger partial charge in [0.25, 0.3) is 0 Å². The maximum Gasteiger partial charge on any atom is 0.0660 e. The van der Waals surface area contributed by atoms with Crippen LogP contribution in [0.3, 0.4) is 0 Å². The minimum Gasteiger partial charge on any atom is -0.260 e. The van der Waals surface area contributed by atoms with E-state index >= 15 is 0 Å². The lowest BCUT2D eigenvalue weighted by molar-refractivity contribution is 0.867. The van der Waals surface area contributed by atoms with E-state index < -0.39 is 0 Å². The smallest absolute Gasteiger partial charge is 0.0660 e. The number of nitrogens with zero attached hydrogens (tertiary/aromatic N) is 2. The van der Waals surface area contributed by atoms with Gasteiger partial charge in [0, 0.05) is 12.4 Å². The number of para-hydroxylation sites is 1. The van der Waals surface area contributed by atoms with Crippen LogP contribution in [-0.4, -0.2) is 11.2 Å². The zero-order chi connectivity index (χ0) is 13.9. The molecule has 2 heteroatoms. The third-order valence-corrected chi connectivity index (χ3v) is 3.60. The van der Waals surface area contributed by atoms with Crippen molar-refractivity contribution < 1.29 is 0 Å². The van der Waals surface area contributed by atoms with Crippen LogP contribution in [0.25, 0.3) is 6.08 Å². The zero-order valence-electron chi connectivity index (χ0n) is 11.8. The zero-order valence-corrected chi connectivity index (χ0v) is 11.8. The predicted molar refractivity (Wildman–Crippen MR) is 84.7 cm³/mol. The van der Waals surface area contributed by atoms with Crippen LogP contribution in [0.2, 0.25) is 0 Å². The molecule has 0 fully saturated rings. The summed E-state index contributed by atoms with van der Waals surface area (Å²) < 4.78 is 0. The van der Waals surface area contributed by atoms with Gasteiger partial charge in [0.05, 0.1) is 17.3 Å². The Labute approximate surface area is 119 Å². The summed E-state index contributed by atoms with van der Waals surface area (Å²) in [6, 6.07) is 12.4. The van der Waals surface area contributed by atoms with E-state index in [1.807, 2.05) is 24.5 Å². The summed E-state index contributed by atoms with van der Waals surface area (Å²) in [5.41, 5.74) is 4.63. The van der Waals surface area contributed by atoms with Gasteiger partial charge >= 0.3 is 0 Å². The SMILES string of the molecule is CC(C)c1ccccc1N=CC1C=Cc2cccnc21. The Morgan fingerprint density at radius 3 is 2.85 bits per heavy atom. The van der Waals surface area contributed by atoms with Gasteiger partial charge in [-0.25, -0.2) is 0 Å². The van der Waals surface area contributed by atoms with E-state index in [4.69, 9.17) is 4.99 Å². The van der Waals surface area contributed by atoms with Crippen LogP contribution in [0.5, 0.6) is 0 Å². The Morgan fingerprint density at radius 1 is 1.15 bits per heavy atom. The van der Waals surface area contributed by atoms with Crippen molar-refractivity contribution in [3.8, 4) is 0 Å². The number of aliphatic imine (C=N–C) groups is 1. The molecule has 0 saturated carbocycles. The van der Waals surface area contributed by atoms with Crippen LogP contribution in [0.4, 0.5) is 5.69 Å². The molecule has 1 aliphatic rings. The van der Waals surface area contributed by atoms with Crippen LogP contribution in [-0.2, 0) is 0 Å². The number of aromatic nitrogens is 1. The van der Waals surface area contributed by atoms with Crippen LogP contribution in [0, 0.1) is 0 Å². The first kappa shape index (κ1) is 12.8. The maximum atomic E-state index is 4.69. The van der Waals surface area contributed by atoms with Crippen molar-refractivity contribution in [3.63, 3.8) is 0 Å². The number of hydrogen-bond donors (Lipinski definition) is 0. The highest BCUT2D eigenvalue weighted by Crippen LogP contribution is 2.29. The number of allylic oxidation sites excluding steroid dienone is 1. The van der Waals surface area contributed by atoms with E-state index in [1.54, 1.807) is 0 Å². The molecule has 1 aliphatic carbocycles. The van der Waals surface area contributed by atoms with Crippen LogP contribution in [0.1, 0.15) is 42.5 Å². The van der Waals surface area contributed by atoms with Gasteiger partial charge in [-0.05, 0) is 29.2 Å². The number of benzene rings is 1. The minimum absolute atomic E-state index is 0.186. The third kappa shape index (κ3) is 2.42. The van der Waals surface area contributed by atoms with Crippen molar-refractivity contribution >= 4 is 18.0 Å². The molecule has 2 nitrogen and oxygen atoms in total. The fourth-order valence-corrected chi connectivity index (χ4v) is 2.52. The second-order valence-corrected chi connectivity index (χ2v) is 5.35. The average Bonchev–Trinajstić information content (AvgIpc) is 2.88. The highest BCUT2D eigenvalue weighted by molar-refractivity contribution is 5.80. The van der Waals surface area contributed by atoms with E-state index in [1.165, 1.54) is 11.1 Å². The lowest BCUT2D eigenvalue weighted by Crippen LogP contribution is -1.97. The molecular formula is C18H18N2. The van der Waals surface area contributed by atoms with E-state index in [9.17, 15) is 0 Å². The second kappa shape index (κ2) is 5.41. The Morgan fingerprint density at radius 2 is 2.00 bits per heavy atom. The molecule has 0 radical (unpaired) electrons. The monoisotopic (exact) mass is 262 g/mol. The standard InChI is InChI=1S/C18H18N2/c1-13(2)16-7-3-4-8-17(16)20-12-15-10-9-14-6-5-11-19-18(14)15/h3-13,15H,1-2H3. The number of rotatable bonds is 3. The molecular weight excluding hydrogens is 244 g/mol. The number of hydrogen-bond acceptors (Lipinski definition) is 2. The minimum atomic E-state index is 0.186. The van der Waals surface area contributed by atoms with E-state index in [2.05, 4.69) is 55.2 Å². The normalized spacial score (nSPS) is 17.1. The van der Waals surface area contributed by atoms with Gasteiger partial charge in [-0.2, -0.15) is 0 Å². The van der Waals surface area contributed by atoms with E-state index in [0.717, 1.165) is 11.4 Å². The van der Waals surface area contributed by atoms with Crippen LogP contribution in [0.15, 0.2) is 53.7 Å². The lowest BCUT2D eigenvalue weighted by atomic mass is 10.0. The van der Waals surface area contributed by atoms with Crippen molar-refractivity contribution in [2.24, 2.45) is 4.99 Å². The summed E-state index contributed by atoms with van der Waals surface area (Å²) in [5, 5.41) is 0. The molecule has 20 heavy (non-hydrogen) atoms. The van der Waals surface area contributed by atoms with Crippen LogP contribution < -0.4 is 0 Å². The Balaban J connectivity index is 1.88. The molecule has 0 bridgehead atoms. The van der Waals surface area contributed by atoms with Crippen molar-refractivity contribution in [3.05, 3.63) is 65.5 Å². The summed E-state index contributed by atoms with van der Waals surface area (Å²) >= 11 is 0. The van der Waals surface area contributed by atoms with Gasteiger partial charge in [-0.3, -0.25) is 9.98 Å². The van der Waals surface area contributed by atoms with Crippen LogP contribution >= 0.6 is 0 Å². The van der Waals surface area contributed by atoms with Gasteiger partial charge in [0.2, 0.25) is 0 Å². The second-order valence-electron chi connectivity index (χ2n) is 5.35. The van der Waals surface area contributed by atoms with Gasteiger partial charge in [-0.1, -0.05) is 50.3 Å². The third-order valence-electron chi connectivity index (χ3n) is 3.60. The molecule has 1 aromatic carbocycles. The Bertz CT molecular complexity index is 669. The molecule has 1 aromatic heterocycles. The summed E-state index contributed by atoms with van der Waals surface area (Å²) in [6.45, 7) is 4.39. The molecule has 2 aromatic rings. The molecule has 100 valence electrons. The molecule has 1 heterocycles. The summed E-state index contributed by atoms with van der Waals surface area (Å²) in [7, 11) is 0. The first-order valence-corrected chi connectivity index (χ1v) is 7.02. The van der Waals surface area contributed by atoms with Gasteiger partial charge in [0.15, 0.2) is 0 Å². The van der Waals surface area contributed by atoms with Crippen molar-refractivity contribution in [2.45, 2.75) is 25.7 Å². The summed E-state index contributed by atoms with van der Waals surface area (Å²) in [6.07, 6.45) is 8.11. The summed E-state index contributed by atoms with van der Waals surface area (Å²) in [4.78, 5) is 9.15. The summed E-state index contributed by atoms with van der Waals surface area (Å²) in [5.74, 6) is 0.666. The molecule has 1 atom stereocenters. The molecule has 3 rings (SSSR count). The van der Waals surface area contributed by atoms with Gasteiger partial charge in [-0.15, -0.1) is 0 Å². The molecule has 0 aliphatic heterocycles. The quantitative estimate of drug-likeness (QED) is 0.735. The largest absolute Gasteiger partial charge is 0.260 e. The fraction of sp³-hybridized carbons (Fsp3) is 0.222. The molecule has 1 unspecified atom stereocenters. The molecule has 0 amide bonds. The predicted octanol–water partition coefficient (Wildman–Crippen LogP) is 4.72. The first-order chi connectivity index (χ1) is 9.75. The molecule has 0 saturated heterocycles. The number of fused-ring (bicyclic) bond motifs is 1. The Kier molecular flexibility index (Phi) is 3.46.